The van der Waals surface area contributed by atoms with Gasteiger partial charge in [-0.1, -0.05) is 36.4 Å². The predicted octanol–water partition coefficient (Wildman–Crippen LogP) is 5.01. The molecule has 0 fully saturated rings. The van der Waals surface area contributed by atoms with Crippen molar-refractivity contribution in [2.24, 2.45) is 0 Å². The van der Waals surface area contributed by atoms with Gasteiger partial charge in [-0.3, -0.25) is 0 Å². The fourth-order valence-corrected chi connectivity index (χ4v) is 2.26. The number of fused-ring (bicyclic) bond motifs is 3. The number of benzene rings is 2. The van der Waals surface area contributed by atoms with Crippen LogP contribution in [-0.2, 0) is 0 Å². The van der Waals surface area contributed by atoms with Gasteiger partial charge in [0.25, 0.3) is 0 Å². The average molecular weight is 222 g/mol. The molecule has 3 rings (SSSR count). The molecule has 0 unspecified atom stereocenters. The Kier molecular flexibility index (Phi) is 2.25. The number of hydrogen-bond donors (Lipinski definition) is 0. The molecule has 17 heavy (non-hydrogen) atoms. The lowest BCUT2D eigenvalue weighted by Gasteiger charge is -2.02. The average Bonchev–Trinajstić information content (AvgIpc) is 2.76. The van der Waals surface area contributed by atoms with Crippen molar-refractivity contribution in [1.29, 1.82) is 0 Å². The van der Waals surface area contributed by atoms with Crippen LogP contribution in [0.1, 0.15) is 19.4 Å². The highest BCUT2D eigenvalue weighted by Gasteiger charge is 2.10. The summed E-state index contributed by atoms with van der Waals surface area (Å²) in [6.07, 6.45) is 2.14. The van der Waals surface area contributed by atoms with Gasteiger partial charge >= 0.3 is 0 Å². The second kappa shape index (κ2) is 3.77. The lowest BCUT2D eigenvalue weighted by Crippen LogP contribution is -1.80. The van der Waals surface area contributed by atoms with Crippen LogP contribution in [-0.4, -0.2) is 0 Å². The molecule has 0 N–H and O–H groups in total. The van der Waals surface area contributed by atoms with E-state index in [-0.39, 0.29) is 0 Å². The quantitative estimate of drug-likeness (QED) is 0.564. The third kappa shape index (κ3) is 1.47. The summed E-state index contributed by atoms with van der Waals surface area (Å²) in [7, 11) is 0. The third-order valence-electron chi connectivity index (χ3n) is 3.26. The molecule has 3 aromatic rings. The summed E-state index contributed by atoms with van der Waals surface area (Å²) in [6, 6.07) is 14.4. The minimum Gasteiger partial charge on any atom is -0.456 e. The van der Waals surface area contributed by atoms with Gasteiger partial charge in [-0.2, -0.15) is 0 Å². The standard InChI is InChI=1S/C16H14O/c1-3-11(2)12-8-6-10-15-16(12)13-7-4-5-9-14(13)17-15/h3-10H,1-2H3/b11-3+. The summed E-state index contributed by atoms with van der Waals surface area (Å²) in [4.78, 5) is 0. The second-order valence-electron chi connectivity index (χ2n) is 4.25. The van der Waals surface area contributed by atoms with Crippen molar-refractivity contribution in [3.8, 4) is 0 Å². The number of allylic oxidation sites excluding steroid dienone is 2. The molecule has 0 saturated carbocycles. The molecule has 84 valence electrons. The van der Waals surface area contributed by atoms with Gasteiger partial charge in [0.05, 0.1) is 0 Å². The van der Waals surface area contributed by atoms with Gasteiger partial charge in [0.15, 0.2) is 0 Å². The summed E-state index contributed by atoms with van der Waals surface area (Å²) in [5.74, 6) is 0. The van der Waals surface area contributed by atoms with Crippen LogP contribution in [0.3, 0.4) is 0 Å². The Morgan fingerprint density at radius 2 is 1.76 bits per heavy atom. The molecule has 1 nitrogen and oxygen atoms in total. The van der Waals surface area contributed by atoms with Crippen LogP contribution in [0.5, 0.6) is 0 Å². The molecule has 0 aliphatic heterocycles. The van der Waals surface area contributed by atoms with E-state index in [4.69, 9.17) is 4.42 Å². The van der Waals surface area contributed by atoms with Gasteiger partial charge in [-0.15, -0.1) is 0 Å². The van der Waals surface area contributed by atoms with E-state index in [9.17, 15) is 0 Å². The van der Waals surface area contributed by atoms with Crippen LogP contribution >= 0.6 is 0 Å². The minimum absolute atomic E-state index is 0.957. The van der Waals surface area contributed by atoms with Gasteiger partial charge in [0, 0.05) is 10.8 Å². The predicted molar refractivity (Wildman–Crippen MR) is 73.0 cm³/mol. The second-order valence-corrected chi connectivity index (χ2v) is 4.25. The van der Waals surface area contributed by atoms with Gasteiger partial charge < -0.3 is 4.42 Å². The molecule has 0 bridgehead atoms. The van der Waals surface area contributed by atoms with E-state index in [0.717, 1.165) is 11.2 Å². The summed E-state index contributed by atoms with van der Waals surface area (Å²) in [5.41, 5.74) is 4.46. The van der Waals surface area contributed by atoms with Crippen molar-refractivity contribution in [1.82, 2.24) is 0 Å². The molecule has 0 spiro atoms. The highest BCUT2D eigenvalue weighted by molar-refractivity contribution is 6.09. The van der Waals surface area contributed by atoms with E-state index in [1.54, 1.807) is 0 Å². The van der Waals surface area contributed by atoms with E-state index < -0.39 is 0 Å². The van der Waals surface area contributed by atoms with Crippen molar-refractivity contribution in [3.05, 3.63) is 54.1 Å². The Bertz CT molecular complexity index is 717. The molecule has 0 aliphatic rings. The lowest BCUT2D eigenvalue weighted by molar-refractivity contribution is 0.669. The first-order valence-corrected chi connectivity index (χ1v) is 5.85. The Balaban J connectivity index is 2.52. The fourth-order valence-electron chi connectivity index (χ4n) is 2.26. The van der Waals surface area contributed by atoms with Crippen LogP contribution in [0.4, 0.5) is 0 Å². The summed E-state index contributed by atoms with van der Waals surface area (Å²) in [5, 5.41) is 2.41. The molecule has 0 radical (unpaired) electrons. The van der Waals surface area contributed by atoms with Crippen molar-refractivity contribution in [2.75, 3.05) is 0 Å². The van der Waals surface area contributed by atoms with E-state index in [0.29, 0.717) is 0 Å². The molecular weight excluding hydrogens is 208 g/mol. The number of hydrogen-bond acceptors (Lipinski definition) is 1. The van der Waals surface area contributed by atoms with Crippen LogP contribution in [0.15, 0.2) is 53.0 Å². The molecule has 0 aliphatic carbocycles. The molecule has 0 saturated heterocycles. The topological polar surface area (TPSA) is 13.1 Å². The Labute approximate surface area is 100 Å². The first kappa shape index (κ1) is 10.2. The van der Waals surface area contributed by atoms with Gasteiger partial charge in [0.2, 0.25) is 0 Å². The molecule has 1 heterocycles. The number of rotatable bonds is 1. The summed E-state index contributed by atoms with van der Waals surface area (Å²) < 4.78 is 5.86. The zero-order valence-electron chi connectivity index (χ0n) is 10.0. The number of para-hydroxylation sites is 1. The minimum atomic E-state index is 0.957. The van der Waals surface area contributed by atoms with Crippen molar-refractivity contribution in [3.63, 3.8) is 0 Å². The molecule has 0 atom stereocenters. The summed E-state index contributed by atoms with van der Waals surface area (Å²) in [6.45, 7) is 4.20. The van der Waals surface area contributed by atoms with Crippen LogP contribution < -0.4 is 0 Å². The maximum Gasteiger partial charge on any atom is 0.136 e. The van der Waals surface area contributed by atoms with E-state index in [1.165, 1.54) is 21.9 Å². The smallest absolute Gasteiger partial charge is 0.136 e. The summed E-state index contributed by atoms with van der Waals surface area (Å²) >= 11 is 0. The molecule has 0 amide bonds. The Morgan fingerprint density at radius 1 is 1.00 bits per heavy atom. The van der Waals surface area contributed by atoms with Gasteiger partial charge in [0.1, 0.15) is 11.2 Å². The number of furan rings is 1. The van der Waals surface area contributed by atoms with Crippen molar-refractivity contribution >= 4 is 27.5 Å². The van der Waals surface area contributed by atoms with Crippen molar-refractivity contribution < 1.29 is 4.42 Å². The van der Waals surface area contributed by atoms with E-state index in [1.807, 2.05) is 24.3 Å². The van der Waals surface area contributed by atoms with Gasteiger partial charge in [-0.05, 0) is 37.1 Å². The zero-order chi connectivity index (χ0) is 11.8. The highest BCUT2D eigenvalue weighted by Crippen LogP contribution is 2.33. The van der Waals surface area contributed by atoms with Crippen LogP contribution in [0, 0.1) is 0 Å². The first-order valence-electron chi connectivity index (χ1n) is 5.85. The molecule has 1 aromatic heterocycles. The van der Waals surface area contributed by atoms with Crippen molar-refractivity contribution in [2.45, 2.75) is 13.8 Å². The third-order valence-corrected chi connectivity index (χ3v) is 3.26. The van der Waals surface area contributed by atoms with Crippen LogP contribution in [0.25, 0.3) is 27.5 Å². The first-order chi connectivity index (χ1) is 8.31. The van der Waals surface area contributed by atoms with Gasteiger partial charge in [-0.25, -0.2) is 0 Å². The molecule has 2 aromatic carbocycles. The maximum absolute atomic E-state index is 5.86. The molecule has 1 heteroatoms. The van der Waals surface area contributed by atoms with Crippen LogP contribution in [0.2, 0.25) is 0 Å². The zero-order valence-corrected chi connectivity index (χ0v) is 10.0. The van der Waals surface area contributed by atoms with E-state index >= 15 is 0 Å². The Hall–Kier alpha value is -2.02. The normalized spacial score (nSPS) is 12.5. The highest BCUT2D eigenvalue weighted by atomic mass is 16.3. The molecular formula is C16H14O. The van der Waals surface area contributed by atoms with E-state index in [2.05, 4.69) is 38.1 Å². The monoisotopic (exact) mass is 222 g/mol. The fraction of sp³-hybridized carbons (Fsp3) is 0.125. The SMILES string of the molecule is C/C=C(\C)c1cccc2oc3ccccc3c12. The maximum atomic E-state index is 5.86. The largest absolute Gasteiger partial charge is 0.456 e. The lowest BCUT2D eigenvalue weighted by atomic mass is 10.0. The Morgan fingerprint density at radius 3 is 2.59 bits per heavy atom.